The van der Waals surface area contributed by atoms with E-state index < -0.39 is 5.41 Å². The van der Waals surface area contributed by atoms with Gasteiger partial charge in [-0.1, -0.05) is 151 Å². The molecular formula is C61H42N2O. The molecule has 0 bridgehead atoms. The van der Waals surface area contributed by atoms with Crippen LogP contribution in [0.5, 0.6) is 0 Å². The summed E-state index contributed by atoms with van der Waals surface area (Å²) in [5.74, 6) is 0. The smallest absolute Gasteiger partial charge is 0.143 e. The van der Waals surface area contributed by atoms with Gasteiger partial charge < -0.3 is 14.2 Å². The Morgan fingerprint density at radius 3 is 1.47 bits per heavy atom. The minimum atomic E-state index is -0.724. The number of rotatable bonds is 6. The standard InChI is InChI=1S/C61H42N2O/c1-39-23-27-44(28-24-39)62(42-15-5-3-6-16-42)46-31-33-48-49-34-32-47(63(43-17-7-4-8-18-43)45-29-25-40(2)26-30-45)38-56(49)61(55(48)37-46)53-21-12-14-41-13-11-20-52(58(41)53)59-54(61)36-35-51-50-19-9-10-22-57(50)64-60(51)59/h3-38H,1-2H3. The van der Waals surface area contributed by atoms with E-state index in [0.29, 0.717) is 0 Å². The highest BCUT2D eigenvalue weighted by Crippen LogP contribution is 2.64. The second-order valence-electron chi connectivity index (χ2n) is 17.4. The lowest BCUT2D eigenvalue weighted by Crippen LogP contribution is -2.32. The first-order valence-corrected chi connectivity index (χ1v) is 22.2. The van der Waals surface area contributed by atoms with E-state index in [4.69, 9.17) is 4.42 Å². The van der Waals surface area contributed by atoms with Crippen LogP contribution in [-0.4, -0.2) is 0 Å². The predicted octanol–water partition coefficient (Wildman–Crippen LogP) is 16.6. The minimum absolute atomic E-state index is 0.724. The first kappa shape index (κ1) is 36.5. The van der Waals surface area contributed by atoms with Gasteiger partial charge in [-0.05, 0) is 142 Å². The van der Waals surface area contributed by atoms with Crippen molar-refractivity contribution in [1.29, 1.82) is 0 Å². The quantitative estimate of drug-likeness (QED) is 0.167. The molecule has 0 saturated carbocycles. The molecule has 0 atom stereocenters. The zero-order valence-corrected chi connectivity index (χ0v) is 35.6. The number of hydrogen-bond donors (Lipinski definition) is 0. The van der Waals surface area contributed by atoms with Crippen molar-refractivity contribution < 1.29 is 4.42 Å². The zero-order chi connectivity index (χ0) is 42.5. The van der Waals surface area contributed by atoms with E-state index in [1.54, 1.807) is 0 Å². The summed E-state index contributed by atoms with van der Waals surface area (Å²) in [7, 11) is 0. The molecule has 11 aromatic rings. The van der Waals surface area contributed by atoms with Crippen molar-refractivity contribution in [3.05, 3.63) is 252 Å². The van der Waals surface area contributed by atoms with Gasteiger partial charge in [-0.25, -0.2) is 0 Å². The highest BCUT2D eigenvalue weighted by molar-refractivity contribution is 6.17. The third-order valence-electron chi connectivity index (χ3n) is 13.8. The largest absolute Gasteiger partial charge is 0.455 e. The SMILES string of the molecule is Cc1ccc(N(c2ccccc2)c2ccc3c(c2)C2(c4cc(N(c5ccccc5)c5ccc(C)cc5)ccc4-3)c3ccc4c(oc5ccccc54)c3-c3cccc4cccc2c34)cc1. The summed E-state index contributed by atoms with van der Waals surface area (Å²) in [6, 6.07) is 80.5. The van der Waals surface area contributed by atoms with E-state index in [1.807, 2.05) is 0 Å². The van der Waals surface area contributed by atoms with Gasteiger partial charge in [0.2, 0.25) is 0 Å². The fraction of sp³-hybridized carbons (Fsp3) is 0.0492. The van der Waals surface area contributed by atoms with Gasteiger partial charge in [-0.15, -0.1) is 0 Å². The Kier molecular flexibility index (Phi) is 7.95. The van der Waals surface area contributed by atoms with Crippen LogP contribution >= 0.6 is 0 Å². The molecule has 13 rings (SSSR count). The summed E-state index contributed by atoms with van der Waals surface area (Å²) in [4.78, 5) is 4.80. The molecule has 3 heteroatoms. The highest BCUT2D eigenvalue weighted by Gasteiger charge is 2.51. The van der Waals surface area contributed by atoms with Gasteiger partial charge >= 0.3 is 0 Å². The van der Waals surface area contributed by atoms with Gasteiger partial charge in [0.05, 0.1) is 5.41 Å². The van der Waals surface area contributed by atoms with E-state index >= 15 is 0 Å². The van der Waals surface area contributed by atoms with Crippen molar-refractivity contribution in [1.82, 2.24) is 0 Å². The summed E-state index contributed by atoms with van der Waals surface area (Å²) in [5, 5.41) is 4.74. The number of nitrogens with zero attached hydrogens (tertiary/aromatic N) is 2. The second-order valence-corrected chi connectivity index (χ2v) is 17.4. The summed E-state index contributed by atoms with van der Waals surface area (Å²) >= 11 is 0. The number of furan rings is 1. The number of aryl methyl sites for hydroxylation is 2. The Hall–Kier alpha value is -8.14. The van der Waals surface area contributed by atoms with Crippen LogP contribution in [0.15, 0.2) is 223 Å². The second kappa shape index (κ2) is 13.9. The topological polar surface area (TPSA) is 19.6 Å². The van der Waals surface area contributed by atoms with Crippen molar-refractivity contribution >= 4 is 66.8 Å². The Morgan fingerprint density at radius 1 is 0.359 bits per heavy atom. The molecular weight excluding hydrogens is 777 g/mol. The van der Waals surface area contributed by atoms with E-state index in [2.05, 4.69) is 242 Å². The maximum Gasteiger partial charge on any atom is 0.143 e. The van der Waals surface area contributed by atoms with Crippen molar-refractivity contribution in [2.45, 2.75) is 19.3 Å². The van der Waals surface area contributed by atoms with Crippen LogP contribution in [0.3, 0.4) is 0 Å². The van der Waals surface area contributed by atoms with Crippen molar-refractivity contribution in [3.63, 3.8) is 0 Å². The van der Waals surface area contributed by atoms with E-state index in [1.165, 1.54) is 60.8 Å². The maximum atomic E-state index is 7.03. The molecule has 0 unspecified atom stereocenters. The van der Waals surface area contributed by atoms with Crippen LogP contribution < -0.4 is 9.80 Å². The Labute approximate surface area is 372 Å². The highest BCUT2D eigenvalue weighted by atomic mass is 16.3. The lowest BCUT2D eigenvalue weighted by molar-refractivity contribution is 0.667. The van der Waals surface area contributed by atoms with Crippen LogP contribution in [0.25, 0.3) is 55.0 Å². The molecule has 1 spiro atoms. The Bertz CT molecular complexity index is 3480. The molecule has 0 aliphatic heterocycles. The average Bonchev–Trinajstić information content (AvgIpc) is 3.86. The predicted molar refractivity (Wildman–Crippen MR) is 266 cm³/mol. The summed E-state index contributed by atoms with van der Waals surface area (Å²) in [6.45, 7) is 4.30. The number of para-hydroxylation sites is 3. The molecule has 1 heterocycles. The average molecular weight is 819 g/mol. The minimum Gasteiger partial charge on any atom is -0.455 e. The van der Waals surface area contributed by atoms with Crippen LogP contribution in [0.4, 0.5) is 34.1 Å². The molecule has 0 N–H and O–H groups in total. The molecule has 2 aliphatic carbocycles. The van der Waals surface area contributed by atoms with Gasteiger partial charge in [0.15, 0.2) is 0 Å². The van der Waals surface area contributed by atoms with Crippen LogP contribution in [0, 0.1) is 13.8 Å². The first-order valence-electron chi connectivity index (χ1n) is 22.2. The lowest BCUT2D eigenvalue weighted by atomic mass is 9.61. The van der Waals surface area contributed by atoms with Gasteiger partial charge in [0, 0.05) is 50.5 Å². The Balaban J connectivity index is 1.17. The molecule has 302 valence electrons. The third-order valence-corrected chi connectivity index (χ3v) is 13.8. The zero-order valence-electron chi connectivity index (χ0n) is 35.6. The van der Waals surface area contributed by atoms with Crippen LogP contribution in [-0.2, 0) is 5.41 Å². The fourth-order valence-electron chi connectivity index (χ4n) is 11.0. The molecule has 0 amide bonds. The van der Waals surface area contributed by atoms with E-state index in [9.17, 15) is 0 Å². The summed E-state index contributed by atoms with van der Waals surface area (Å²) in [5.41, 5.74) is 20.0. The van der Waals surface area contributed by atoms with E-state index in [0.717, 1.165) is 61.6 Å². The van der Waals surface area contributed by atoms with Crippen molar-refractivity contribution in [3.8, 4) is 22.3 Å². The molecule has 0 saturated heterocycles. The van der Waals surface area contributed by atoms with Gasteiger partial charge in [-0.2, -0.15) is 0 Å². The molecule has 2 aliphatic rings. The molecule has 1 aromatic heterocycles. The summed E-state index contributed by atoms with van der Waals surface area (Å²) in [6.07, 6.45) is 0. The van der Waals surface area contributed by atoms with Gasteiger partial charge in [0.1, 0.15) is 11.2 Å². The van der Waals surface area contributed by atoms with Crippen LogP contribution in [0.1, 0.15) is 33.4 Å². The number of benzene rings is 10. The lowest BCUT2D eigenvalue weighted by Gasteiger charge is -2.40. The van der Waals surface area contributed by atoms with Crippen molar-refractivity contribution in [2.75, 3.05) is 9.80 Å². The molecule has 10 aromatic carbocycles. The normalized spacial score (nSPS) is 13.0. The van der Waals surface area contributed by atoms with Gasteiger partial charge in [-0.3, -0.25) is 0 Å². The van der Waals surface area contributed by atoms with Gasteiger partial charge in [0.25, 0.3) is 0 Å². The molecule has 0 radical (unpaired) electrons. The molecule has 64 heavy (non-hydrogen) atoms. The first-order chi connectivity index (χ1) is 31.6. The third kappa shape index (κ3) is 5.22. The Morgan fingerprint density at radius 2 is 0.875 bits per heavy atom. The summed E-state index contributed by atoms with van der Waals surface area (Å²) < 4.78 is 7.03. The number of anilines is 6. The number of fused-ring (bicyclic) bond motifs is 13. The monoisotopic (exact) mass is 818 g/mol. The maximum absolute atomic E-state index is 7.03. The van der Waals surface area contributed by atoms with E-state index in [-0.39, 0.29) is 0 Å². The molecule has 3 nitrogen and oxygen atoms in total. The molecule has 0 fully saturated rings. The fourth-order valence-corrected chi connectivity index (χ4v) is 11.0. The van der Waals surface area contributed by atoms with Crippen LogP contribution in [0.2, 0.25) is 0 Å². The number of hydrogen-bond acceptors (Lipinski definition) is 3. The van der Waals surface area contributed by atoms with Crippen molar-refractivity contribution in [2.24, 2.45) is 0 Å².